The molecule has 0 saturated heterocycles. The van der Waals surface area contributed by atoms with Crippen LogP contribution in [0.5, 0.6) is 5.75 Å². The van der Waals surface area contributed by atoms with Gasteiger partial charge in [-0.2, -0.15) is 0 Å². The normalized spacial score (nSPS) is 10.1. The Morgan fingerprint density at radius 1 is 1.62 bits per heavy atom. The van der Waals surface area contributed by atoms with E-state index in [1.165, 1.54) is 0 Å². The van der Waals surface area contributed by atoms with Crippen molar-refractivity contribution in [2.24, 2.45) is 5.73 Å². The quantitative estimate of drug-likeness (QED) is 0.671. The number of pyridine rings is 1. The highest BCUT2D eigenvalue weighted by atomic mass is 79.9. The average molecular weight is 266 g/mol. The van der Waals surface area contributed by atoms with Crippen LogP contribution in [0.3, 0.4) is 0 Å². The lowest BCUT2D eigenvalue weighted by Gasteiger charge is -2.06. The largest absolute Gasteiger partial charge is 0.490 e. The molecular weight excluding hydrogens is 255 g/mol. The van der Waals surface area contributed by atoms with Crippen molar-refractivity contribution in [2.75, 3.05) is 13.2 Å². The van der Waals surface area contributed by atoms with Crippen LogP contribution in [-0.4, -0.2) is 18.1 Å². The van der Waals surface area contributed by atoms with Crippen molar-refractivity contribution in [1.82, 2.24) is 4.98 Å². The summed E-state index contributed by atoms with van der Waals surface area (Å²) in [6.45, 7) is 1.17. The van der Waals surface area contributed by atoms with Crippen LogP contribution in [-0.2, 0) is 0 Å². The molecule has 0 atom stereocenters. The molecule has 0 bridgehead atoms. The average Bonchev–Trinajstić information content (AvgIpc) is 2.11. The third-order valence-corrected chi connectivity index (χ3v) is 2.10. The fraction of sp³-hybridized carbons (Fsp3) is 0.375. The zero-order chi connectivity index (χ0) is 9.68. The lowest BCUT2D eigenvalue weighted by molar-refractivity contribution is 0.312. The van der Waals surface area contributed by atoms with Gasteiger partial charge in [0.1, 0.15) is 0 Å². The predicted molar refractivity (Wildman–Crippen MR) is 56.1 cm³/mol. The number of halogens is 2. The highest BCUT2D eigenvalue weighted by Crippen LogP contribution is 2.25. The minimum atomic E-state index is 0.375. The summed E-state index contributed by atoms with van der Waals surface area (Å²) in [6, 6.07) is 1.78. The van der Waals surface area contributed by atoms with E-state index in [0.717, 1.165) is 10.9 Å². The molecule has 0 aromatic carbocycles. The molecule has 2 N–H and O–H groups in total. The number of hydrogen-bond donors (Lipinski definition) is 1. The van der Waals surface area contributed by atoms with Crippen LogP contribution in [0.25, 0.3) is 0 Å². The maximum atomic E-state index is 5.79. The summed E-state index contributed by atoms with van der Waals surface area (Å²) in [5.74, 6) is 0.587. The summed E-state index contributed by atoms with van der Waals surface area (Å²) in [5.41, 5.74) is 5.32. The second-order valence-corrected chi connectivity index (χ2v) is 3.71. The van der Waals surface area contributed by atoms with Gasteiger partial charge in [0, 0.05) is 10.7 Å². The zero-order valence-corrected chi connectivity index (χ0v) is 9.31. The van der Waals surface area contributed by atoms with Gasteiger partial charge in [0.15, 0.2) is 10.9 Å². The molecule has 0 saturated carbocycles. The molecule has 3 nitrogen and oxygen atoms in total. The molecule has 0 unspecified atom stereocenters. The first-order valence-electron chi connectivity index (χ1n) is 3.88. The molecule has 13 heavy (non-hydrogen) atoms. The number of aromatic nitrogens is 1. The molecule has 5 heteroatoms. The number of rotatable bonds is 4. The number of nitrogens with two attached hydrogens (primary N) is 1. The molecular formula is C8H10BrClN2O. The van der Waals surface area contributed by atoms with Crippen LogP contribution in [0.1, 0.15) is 6.42 Å². The van der Waals surface area contributed by atoms with Gasteiger partial charge in [-0.15, -0.1) is 0 Å². The van der Waals surface area contributed by atoms with E-state index >= 15 is 0 Å². The molecule has 1 aromatic rings. The first kappa shape index (κ1) is 10.8. The van der Waals surface area contributed by atoms with Gasteiger partial charge < -0.3 is 10.5 Å². The van der Waals surface area contributed by atoms with E-state index in [-0.39, 0.29) is 0 Å². The highest BCUT2D eigenvalue weighted by molar-refractivity contribution is 9.10. The molecule has 0 fully saturated rings. The van der Waals surface area contributed by atoms with Crippen molar-refractivity contribution >= 4 is 27.5 Å². The standard InChI is InChI=1S/C8H10BrClN2O/c9-6-4-7(8(10)12-5-6)13-3-1-2-11/h4-5H,1-3,11H2. The van der Waals surface area contributed by atoms with Gasteiger partial charge in [0.2, 0.25) is 0 Å². The minimum absolute atomic E-state index is 0.375. The third kappa shape index (κ3) is 3.50. The molecule has 1 aromatic heterocycles. The smallest absolute Gasteiger partial charge is 0.171 e. The van der Waals surface area contributed by atoms with Gasteiger partial charge in [-0.25, -0.2) is 4.98 Å². The van der Waals surface area contributed by atoms with E-state index in [1.54, 1.807) is 12.3 Å². The maximum Gasteiger partial charge on any atom is 0.171 e. The van der Waals surface area contributed by atoms with E-state index in [0.29, 0.717) is 24.1 Å². The van der Waals surface area contributed by atoms with Gasteiger partial charge in [0.25, 0.3) is 0 Å². The van der Waals surface area contributed by atoms with Crippen molar-refractivity contribution in [3.05, 3.63) is 21.9 Å². The molecule has 1 heterocycles. The zero-order valence-electron chi connectivity index (χ0n) is 6.96. The van der Waals surface area contributed by atoms with Gasteiger partial charge in [0.05, 0.1) is 6.61 Å². The Hall–Kier alpha value is -0.320. The van der Waals surface area contributed by atoms with E-state index in [9.17, 15) is 0 Å². The number of ether oxygens (including phenoxy) is 1. The van der Waals surface area contributed by atoms with Crippen LogP contribution in [0.2, 0.25) is 5.15 Å². The summed E-state index contributed by atoms with van der Waals surface area (Å²) in [7, 11) is 0. The third-order valence-electron chi connectivity index (χ3n) is 1.38. The second kappa shape index (κ2) is 5.42. The Morgan fingerprint density at radius 3 is 3.08 bits per heavy atom. The lowest BCUT2D eigenvalue weighted by atomic mass is 10.4. The maximum absolute atomic E-state index is 5.79. The molecule has 0 aliphatic carbocycles. The van der Waals surface area contributed by atoms with Crippen molar-refractivity contribution in [3.8, 4) is 5.75 Å². The van der Waals surface area contributed by atoms with Crippen LogP contribution < -0.4 is 10.5 Å². The van der Waals surface area contributed by atoms with Gasteiger partial charge in [-0.3, -0.25) is 0 Å². The minimum Gasteiger partial charge on any atom is -0.490 e. The lowest BCUT2D eigenvalue weighted by Crippen LogP contribution is -2.06. The van der Waals surface area contributed by atoms with E-state index in [2.05, 4.69) is 20.9 Å². The van der Waals surface area contributed by atoms with Gasteiger partial charge in [-0.05, 0) is 35.0 Å². The van der Waals surface area contributed by atoms with Gasteiger partial charge in [-0.1, -0.05) is 11.6 Å². The molecule has 72 valence electrons. The van der Waals surface area contributed by atoms with E-state index < -0.39 is 0 Å². The summed E-state index contributed by atoms with van der Waals surface area (Å²) < 4.78 is 6.20. The first-order chi connectivity index (χ1) is 6.24. The summed E-state index contributed by atoms with van der Waals surface area (Å²) in [6.07, 6.45) is 2.43. The van der Waals surface area contributed by atoms with Crippen molar-refractivity contribution in [1.29, 1.82) is 0 Å². The van der Waals surface area contributed by atoms with Crippen LogP contribution >= 0.6 is 27.5 Å². The molecule has 0 spiro atoms. The van der Waals surface area contributed by atoms with Crippen LogP contribution in [0.4, 0.5) is 0 Å². The Balaban J connectivity index is 2.59. The molecule has 0 aliphatic rings. The van der Waals surface area contributed by atoms with Crippen molar-refractivity contribution in [3.63, 3.8) is 0 Å². The first-order valence-corrected chi connectivity index (χ1v) is 5.05. The molecule has 1 rings (SSSR count). The Labute approximate surface area is 90.4 Å². The van der Waals surface area contributed by atoms with E-state index in [4.69, 9.17) is 22.1 Å². The molecule has 0 radical (unpaired) electrons. The molecule has 0 amide bonds. The Morgan fingerprint density at radius 2 is 2.38 bits per heavy atom. The van der Waals surface area contributed by atoms with Crippen molar-refractivity contribution < 1.29 is 4.74 Å². The Kier molecular flexibility index (Phi) is 4.48. The SMILES string of the molecule is NCCCOc1cc(Br)cnc1Cl. The van der Waals surface area contributed by atoms with E-state index in [1.807, 2.05) is 0 Å². The van der Waals surface area contributed by atoms with Crippen molar-refractivity contribution in [2.45, 2.75) is 6.42 Å². The van der Waals surface area contributed by atoms with Gasteiger partial charge >= 0.3 is 0 Å². The van der Waals surface area contributed by atoms with Crippen LogP contribution in [0, 0.1) is 0 Å². The number of hydrogen-bond acceptors (Lipinski definition) is 3. The fourth-order valence-electron chi connectivity index (χ4n) is 0.771. The topological polar surface area (TPSA) is 48.1 Å². The summed E-state index contributed by atoms with van der Waals surface area (Å²) in [5, 5.41) is 0.375. The monoisotopic (exact) mass is 264 g/mol. The Bertz CT molecular complexity index is 283. The second-order valence-electron chi connectivity index (χ2n) is 2.43. The summed E-state index contributed by atoms with van der Waals surface area (Å²) in [4.78, 5) is 3.92. The van der Waals surface area contributed by atoms with Crippen LogP contribution in [0.15, 0.2) is 16.7 Å². The predicted octanol–water partition coefficient (Wildman–Crippen LogP) is 2.23. The summed E-state index contributed by atoms with van der Waals surface area (Å²) >= 11 is 9.07. The highest BCUT2D eigenvalue weighted by Gasteiger charge is 2.02. The fourth-order valence-corrected chi connectivity index (χ4v) is 1.24. The number of nitrogens with zero attached hydrogens (tertiary/aromatic N) is 1. The molecule has 0 aliphatic heterocycles.